The van der Waals surface area contributed by atoms with Crippen LogP contribution in [0.1, 0.15) is 12.5 Å². The van der Waals surface area contributed by atoms with Crippen molar-refractivity contribution in [3.05, 3.63) is 23.8 Å². The van der Waals surface area contributed by atoms with Crippen LogP contribution in [0.15, 0.2) is 18.2 Å². The number of carbonyl (C=O) groups excluding carboxylic acids is 1. The third-order valence-corrected chi connectivity index (χ3v) is 3.96. The van der Waals surface area contributed by atoms with E-state index >= 15 is 0 Å². The van der Waals surface area contributed by atoms with E-state index in [1.807, 2.05) is 25.1 Å². The van der Waals surface area contributed by atoms with E-state index in [1.165, 1.54) is 0 Å². The van der Waals surface area contributed by atoms with Gasteiger partial charge in [-0.3, -0.25) is 9.69 Å². The Balaban J connectivity index is 1.94. The maximum Gasteiger partial charge on any atom is 0.238 e. The van der Waals surface area contributed by atoms with E-state index in [2.05, 4.69) is 29.1 Å². The first-order valence-corrected chi connectivity index (χ1v) is 7.05. The van der Waals surface area contributed by atoms with Crippen molar-refractivity contribution in [2.45, 2.75) is 19.9 Å². The molecule has 2 rings (SSSR count). The smallest absolute Gasteiger partial charge is 0.238 e. The van der Waals surface area contributed by atoms with Crippen molar-refractivity contribution < 1.29 is 4.79 Å². The van der Waals surface area contributed by atoms with Crippen molar-refractivity contribution in [2.75, 3.05) is 44.3 Å². The predicted molar refractivity (Wildman–Crippen MR) is 82.8 cm³/mol. The minimum absolute atomic E-state index is 0.0232. The molecule has 0 spiro atoms. The number of nitrogens with zero attached hydrogens (tertiary/aromatic N) is 2. The summed E-state index contributed by atoms with van der Waals surface area (Å²) in [7, 11) is 2.12. The van der Waals surface area contributed by atoms with Crippen molar-refractivity contribution in [1.82, 2.24) is 9.80 Å². The van der Waals surface area contributed by atoms with Crippen molar-refractivity contribution >= 4 is 17.3 Å². The SMILES string of the molecule is Cc1c(N)cccc1NC(=O)CN1CCN(C)CC1C. The number of carbonyl (C=O) groups is 1. The standard InChI is InChI=1S/C15H24N4O/c1-11-9-18(3)7-8-19(11)10-15(20)17-14-6-4-5-13(16)12(14)2/h4-6,11H,7-10,16H2,1-3H3,(H,17,20). The maximum absolute atomic E-state index is 12.2. The van der Waals surface area contributed by atoms with Gasteiger partial charge in [-0.1, -0.05) is 6.07 Å². The van der Waals surface area contributed by atoms with Gasteiger partial charge >= 0.3 is 0 Å². The zero-order valence-electron chi connectivity index (χ0n) is 12.5. The number of likely N-dealkylation sites (N-methyl/N-ethyl adjacent to an activating group) is 1. The van der Waals surface area contributed by atoms with E-state index in [4.69, 9.17) is 5.73 Å². The van der Waals surface area contributed by atoms with Crippen LogP contribution in [0.2, 0.25) is 0 Å². The molecule has 0 radical (unpaired) electrons. The molecule has 1 atom stereocenters. The number of anilines is 2. The number of nitrogens with two attached hydrogens (primary N) is 1. The van der Waals surface area contributed by atoms with Gasteiger partial charge in [0.15, 0.2) is 0 Å². The van der Waals surface area contributed by atoms with Crippen LogP contribution in [0.3, 0.4) is 0 Å². The monoisotopic (exact) mass is 276 g/mol. The quantitative estimate of drug-likeness (QED) is 0.813. The number of amides is 1. The highest BCUT2D eigenvalue weighted by Crippen LogP contribution is 2.20. The van der Waals surface area contributed by atoms with E-state index in [9.17, 15) is 4.79 Å². The first kappa shape index (κ1) is 14.8. The Bertz CT molecular complexity index is 489. The summed E-state index contributed by atoms with van der Waals surface area (Å²) >= 11 is 0. The number of nitrogen functional groups attached to an aromatic ring is 1. The van der Waals surface area contributed by atoms with Crippen LogP contribution in [0.5, 0.6) is 0 Å². The van der Waals surface area contributed by atoms with Crippen molar-refractivity contribution in [2.24, 2.45) is 0 Å². The molecule has 1 fully saturated rings. The minimum Gasteiger partial charge on any atom is -0.398 e. The van der Waals surface area contributed by atoms with Gasteiger partial charge < -0.3 is 16.0 Å². The van der Waals surface area contributed by atoms with E-state index in [1.54, 1.807) is 0 Å². The van der Waals surface area contributed by atoms with E-state index < -0.39 is 0 Å². The molecule has 5 heteroatoms. The fraction of sp³-hybridized carbons (Fsp3) is 0.533. The molecule has 20 heavy (non-hydrogen) atoms. The van der Waals surface area contributed by atoms with E-state index in [0.29, 0.717) is 18.3 Å². The Hall–Kier alpha value is -1.59. The molecule has 1 heterocycles. The van der Waals surface area contributed by atoms with Gasteiger partial charge in [-0.25, -0.2) is 0 Å². The molecular formula is C15H24N4O. The summed E-state index contributed by atoms with van der Waals surface area (Å²) in [4.78, 5) is 16.7. The van der Waals surface area contributed by atoms with Crippen LogP contribution in [-0.4, -0.2) is 55.0 Å². The van der Waals surface area contributed by atoms with Crippen molar-refractivity contribution in [3.63, 3.8) is 0 Å². The average Bonchev–Trinajstić information content (AvgIpc) is 2.38. The largest absolute Gasteiger partial charge is 0.398 e. The molecule has 1 aromatic rings. The molecule has 1 aliphatic rings. The van der Waals surface area contributed by atoms with Crippen molar-refractivity contribution in [1.29, 1.82) is 0 Å². The Morgan fingerprint density at radius 2 is 2.20 bits per heavy atom. The summed E-state index contributed by atoms with van der Waals surface area (Å²) in [6.07, 6.45) is 0. The lowest BCUT2D eigenvalue weighted by molar-refractivity contribution is -0.118. The molecule has 3 N–H and O–H groups in total. The summed E-state index contributed by atoms with van der Waals surface area (Å²) < 4.78 is 0. The minimum atomic E-state index is 0.0232. The lowest BCUT2D eigenvalue weighted by Gasteiger charge is -2.37. The fourth-order valence-corrected chi connectivity index (χ4v) is 2.58. The third kappa shape index (κ3) is 3.49. The first-order valence-electron chi connectivity index (χ1n) is 7.05. The Kier molecular flexibility index (Phi) is 4.62. The van der Waals surface area contributed by atoms with Crippen LogP contribution in [0, 0.1) is 6.92 Å². The normalized spacial score (nSPS) is 20.9. The molecule has 0 aliphatic carbocycles. The van der Waals surface area contributed by atoms with Gasteiger partial charge in [-0.15, -0.1) is 0 Å². The summed E-state index contributed by atoms with van der Waals surface area (Å²) in [5, 5.41) is 2.96. The second-order valence-electron chi connectivity index (χ2n) is 5.65. The van der Waals surface area contributed by atoms with Crippen molar-refractivity contribution in [3.8, 4) is 0 Å². The molecule has 0 saturated carbocycles. The lowest BCUT2D eigenvalue weighted by Crippen LogP contribution is -2.52. The maximum atomic E-state index is 12.2. The topological polar surface area (TPSA) is 61.6 Å². The zero-order chi connectivity index (χ0) is 14.7. The van der Waals surface area contributed by atoms with Crippen LogP contribution in [0.25, 0.3) is 0 Å². The number of piperazine rings is 1. The van der Waals surface area contributed by atoms with Crippen LogP contribution < -0.4 is 11.1 Å². The number of hydrogen-bond acceptors (Lipinski definition) is 4. The van der Waals surface area contributed by atoms with Gasteiger partial charge in [0.05, 0.1) is 6.54 Å². The summed E-state index contributed by atoms with van der Waals surface area (Å²) in [6, 6.07) is 5.99. The molecule has 1 saturated heterocycles. The van der Waals surface area contributed by atoms with Gasteiger partial charge in [-0.2, -0.15) is 0 Å². The zero-order valence-corrected chi connectivity index (χ0v) is 12.5. The fourth-order valence-electron chi connectivity index (χ4n) is 2.58. The van der Waals surface area contributed by atoms with Crippen LogP contribution in [0.4, 0.5) is 11.4 Å². The number of hydrogen-bond donors (Lipinski definition) is 2. The van der Waals surface area contributed by atoms with Crippen LogP contribution in [-0.2, 0) is 4.79 Å². The van der Waals surface area contributed by atoms with Gasteiger partial charge in [0.25, 0.3) is 0 Å². The van der Waals surface area contributed by atoms with Crippen LogP contribution >= 0.6 is 0 Å². The molecule has 1 amide bonds. The molecular weight excluding hydrogens is 252 g/mol. The second-order valence-corrected chi connectivity index (χ2v) is 5.65. The van der Waals surface area contributed by atoms with Gasteiger partial charge in [0.1, 0.15) is 0 Å². The summed E-state index contributed by atoms with van der Waals surface area (Å²) in [5.41, 5.74) is 8.28. The molecule has 0 aromatic heterocycles. The summed E-state index contributed by atoms with van der Waals surface area (Å²) in [5.74, 6) is 0.0232. The number of nitrogens with one attached hydrogen (secondary N) is 1. The molecule has 1 unspecified atom stereocenters. The van der Waals surface area contributed by atoms with E-state index in [0.717, 1.165) is 30.9 Å². The number of rotatable bonds is 3. The molecule has 1 aromatic carbocycles. The molecule has 5 nitrogen and oxygen atoms in total. The van der Waals surface area contributed by atoms with Gasteiger partial charge in [0.2, 0.25) is 5.91 Å². The summed E-state index contributed by atoms with van der Waals surface area (Å²) in [6.45, 7) is 7.46. The van der Waals surface area contributed by atoms with Gasteiger partial charge in [0, 0.05) is 37.1 Å². The second kappa shape index (κ2) is 6.24. The highest BCUT2D eigenvalue weighted by molar-refractivity contribution is 5.93. The van der Waals surface area contributed by atoms with E-state index in [-0.39, 0.29) is 5.91 Å². The first-order chi connectivity index (χ1) is 9.47. The Morgan fingerprint density at radius 1 is 1.45 bits per heavy atom. The Morgan fingerprint density at radius 3 is 2.90 bits per heavy atom. The molecule has 1 aliphatic heterocycles. The molecule has 0 bridgehead atoms. The molecule has 110 valence electrons. The average molecular weight is 276 g/mol. The van der Waals surface area contributed by atoms with Gasteiger partial charge in [-0.05, 0) is 38.6 Å². The Labute approximate surface area is 120 Å². The third-order valence-electron chi connectivity index (χ3n) is 3.96. The highest BCUT2D eigenvalue weighted by atomic mass is 16.2. The lowest BCUT2D eigenvalue weighted by atomic mass is 10.1. The highest BCUT2D eigenvalue weighted by Gasteiger charge is 2.23. The number of benzene rings is 1. The predicted octanol–water partition coefficient (Wildman–Crippen LogP) is 1.15.